The predicted molar refractivity (Wildman–Crippen MR) is 154 cm³/mol. The van der Waals surface area contributed by atoms with Crippen molar-refractivity contribution in [2.45, 2.75) is 57.4 Å². The number of carbonyl (C=O) groups excluding carboxylic acids is 5. The van der Waals surface area contributed by atoms with Crippen LogP contribution in [0.4, 0.5) is 13.2 Å². The van der Waals surface area contributed by atoms with Crippen LogP contribution in [0, 0.1) is 5.92 Å². The molecule has 2 aromatic rings. The van der Waals surface area contributed by atoms with Crippen LogP contribution in [0.5, 0.6) is 5.75 Å². The van der Waals surface area contributed by atoms with E-state index in [9.17, 15) is 42.3 Å². The highest BCUT2D eigenvalue weighted by molar-refractivity contribution is 6.10. The van der Waals surface area contributed by atoms with Crippen LogP contribution in [0.2, 0.25) is 0 Å². The molecule has 0 saturated carbocycles. The van der Waals surface area contributed by atoms with Gasteiger partial charge in [-0.3, -0.25) is 24.0 Å². The van der Waals surface area contributed by atoms with Gasteiger partial charge in [0, 0.05) is 5.56 Å². The lowest BCUT2D eigenvalue weighted by atomic mass is 9.94. The summed E-state index contributed by atoms with van der Waals surface area (Å²) in [4.78, 5) is 64.2. The van der Waals surface area contributed by atoms with E-state index >= 15 is 0 Å². The van der Waals surface area contributed by atoms with Crippen LogP contribution >= 0.6 is 0 Å². The Bertz CT molecular complexity index is 1320. The lowest BCUT2D eigenvalue weighted by molar-refractivity contribution is -0.161. The van der Waals surface area contributed by atoms with Crippen LogP contribution in [0.3, 0.4) is 0 Å². The maximum absolute atomic E-state index is 14.9. The van der Waals surface area contributed by atoms with E-state index in [0.29, 0.717) is 5.75 Å². The third-order valence-corrected chi connectivity index (χ3v) is 6.35. The minimum atomic E-state index is -4.63. The Labute approximate surface area is 252 Å². The molecule has 0 fully saturated rings. The Kier molecular flexibility index (Phi) is 12.4. The zero-order chi connectivity index (χ0) is 33.2. The van der Waals surface area contributed by atoms with Crippen LogP contribution in [0.15, 0.2) is 54.6 Å². The first-order valence-electron chi connectivity index (χ1n) is 13.6. The molecule has 0 unspecified atom stereocenters. The number of nitrogens with one attached hydrogen (secondary N) is 4. The fraction of sp³-hybridized carbons (Fsp3) is 0.433. The number of ketones is 1. The van der Waals surface area contributed by atoms with Gasteiger partial charge in [-0.2, -0.15) is 8.78 Å². The number of ether oxygens (including phenoxy) is 1. The quantitative estimate of drug-likeness (QED) is 0.189. The average Bonchev–Trinajstić information content (AvgIpc) is 2.99. The number of hydrogen-bond donors (Lipinski definition) is 5. The van der Waals surface area contributed by atoms with Crippen molar-refractivity contribution >= 4 is 29.4 Å². The second-order valence-corrected chi connectivity index (χ2v) is 10.9. The molecule has 0 radical (unpaired) electrons. The first-order valence-corrected chi connectivity index (χ1v) is 13.6. The van der Waals surface area contributed by atoms with E-state index in [0.717, 1.165) is 13.8 Å². The highest BCUT2D eigenvalue weighted by atomic mass is 19.3. The van der Waals surface area contributed by atoms with Crippen molar-refractivity contribution in [3.63, 3.8) is 0 Å². The Morgan fingerprint density at radius 3 is 1.95 bits per heavy atom. The Morgan fingerprint density at radius 2 is 1.45 bits per heavy atom. The molecule has 14 heteroatoms. The summed E-state index contributed by atoms with van der Waals surface area (Å²) in [5.41, 5.74) is -1.70. The second kappa shape index (κ2) is 15.3. The van der Waals surface area contributed by atoms with Gasteiger partial charge in [-0.1, -0.05) is 44.2 Å². The van der Waals surface area contributed by atoms with E-state index in [1.807, 2.05) is 0 Å². The Morgan fingerprint density at radius 1 is 0.864 bits per heavy atom. The third-order valence-electron chi connectivity index (χ3n) is 6.35. The predicted octanol–water partition coefficient (Wildman–Crippen LogP) is 1.85. The SMILES string of the molecule is COc1ccc([C@H](NC(=O)[C@H](CO)NC(=O)c2ccccc2)C(=O)N[C@H](C(=O)C(F)(F)C(=O)NCC(C)(C)F)C(C)C)cc1. The molecule has 0 heterocycles. The summed E-state index contributed by atoms with van der Waals surface area (Å²) >= 11 is 0. The van der Waals surface area contributed by atoms with Crippen molar-refractivity contribution in [3.05, 3.63) is 65.7 Å². The molecular formula is C30H37F3N4O7. The molecule has 11 nitrogen and oxygen atoms in total. The summed E-state index contributed by atoms with van der Waals surface area (Å²) in [5.74, 6) is -12.0. The van der Waals surface area contributed by atoms with Gasteiger partial charge in [-0.25, -0.2) is 4.39 Å². The molecule has 0 aliphatic carbocycles. The number of aliphatic hydroxyl groups excluding tert-OH is 1. The molecule has 5 N–H and O–H groups in total. The van der Waals surface area contributed by atoms with Crippen LogP contribution in [-0.2, 0) is 19.2 Å². The fourth-order valence-electron chi connectivity index (χ4n) is 3.84. The van der Waals surface area contributed by atoms with Gasteiger partial charge in [0.25, 0.3) is 11.8 Å². The number of aliphatic hydroxyl groups is 1. The van der Waals surface area contributed by atoms with Crippen LogP contribution in [0.1, 0.15) is 49.7 Å². The molecule has 44 heavy (non-hydrogen) atoms. The first kappa shape index (κ1) is 35.7. The van der Waals surface area contributed by atoms with E-state index < -0.39 is 78.2 Å². The summed E-state index contributed by atoms with van der Waals surface area (Å²) in [6, 6.07) is 8.48. The third kappa shape index (κ3) is 9.79. The molecule has 0 aliphatic rings. The number of rotatable bonds is 15. The standard InChI is InChI=1S/C30H37F3N4O7/c1-17(2)22(24(39)30(32,33)28(43)34-16-29(3,4)31)36-27(42)23(18-11-13-20(44-5)14-12-18)37-26(41)21(15-38)35-25(40)19-9-7-6-8-10-19/h6-14,17,21-23,38H,15-16H2,1-5H3,(H,34,43)(H,35,40)(H,36,42)(H,37,41)/t21-,22-,23-/m0/s1. The molecule has 2 rings (SSSR count). The maximum atomic E-state index is 14.9. The van der Waals surface area contributed by atoms with E-state index in [4.69, 9.17) is 4.74 Å². The first-order chi connectivity index (χ1) is 20.5. The van der Waals surface area contributed by atoms with Gasteiger partial charge in [0.1, 0.15) is 23.5 Å². The van der Waals surface area contributed by atoms with Gasteiger partial charge in [-0.15, -0.1) is 0 Å². The normalized spacial score (nSPS) is 13.7. The number of alkyl halides is 3. The molecule has 0 aliphatic heterocycles. The summed E-state index contributed by atoms with van der Waals surface area (Å²) < 4.78 is 48.6. The van der Waals surface area contributed by atoms with E-state index in [1.54, 1.807) is 23.5 Å². The van der Waals surface area contributed by atoms with Crippen LogP contribution < -0.4 is 26.0 Å². The molecule has 0 aromatic heterocycles. The average molecular weight is 623 g/mol. The van der Waals surface area contributed by atoms with Gasteiger partial charge < -0.3 is 31.1 Å². The molecule has 240 valence electrons. The largest absolute Gasteiger partial charge is 0.497 e. The number of Topliss-reactive ketones (excluding diaryl/α,β-unsaturated/α-hetero) is 1. The van der Waals surface area contributed by atoms with Crippen molar-refractivity contribution in [2.24, 2.45) is 5.92 Å². The Hall–Kier alpha value is -4.46. The summed E-state index contributed by atoms with van der Waals surface area (Å²) in [7, 11) is 1.39. The molecule has 0 spiro atoms. The van der Waals surface area contributed by atoms with Crippen molar-refractivity contribution < 1.29 is 47.0 Å². The zero-order valence-corrected chi connectivity index (χ0v) is 25.0. The van der Waals surface area contributed by atoms with Crippen LogP contribution in [-0.4, -0.2) is 78.5 Å². The minimum absolute atomic E-state index is 0.132. The lowest BCUT2D eigenvalue weighted by Gasteiger charge is -2.28. The van der Waals surface area contributed by atoms with Gasteiger partial charge in [-0.05, 0) is 49.6 Å². The molecule has 3 atom stereocenters. The van der Waals surface area contributed by atoms with Crippen molar-refractivity contribution in [3.8, 4) is 5.75 Å². The molecule has 2 aromatic carbocycles. The highest BCUT2D eigenvalue weighted by Crippen LogP contribution is 2.23. The maximum Gasteiger partial charge on any atom is 0.383 e. The summed E-state index contributed by atoms with van der Waals surface area (Å²) in [5, 5.41) is 18.4. The molecule has 0 bridgehead atoms. The number of halogens is 3. The molecule has 0 saturated heterocycles. The van der Waals surface area contributed by atoms with E-state index in [1.165, 1.54) is 57.4 Å². The number of carbonyl (C=O) groups is 5. The zero-order valence-electron chi connectivity index (χ0n) is 25.0. The van der Waals surface area contributed by atoms with Crippen molar-refractivity contribution in [2.75, 3.05) is 20.3 Å². The topological polar surface area (TPSA) is 163 Å². The van der Waals surface area contributed by atoms with E-state index in [-0.39, 0.29) is 11.1 Å². The van der Waals surface area contributed by atoms with Crippen molar-refractivity contribution in [1.29, 1.82) is 0 Å². The summed E-state index contributed by atoms with van der Waals surface area (Å²) in [6.07, 6.45) is 0. The number of benzene rings is 2. The van der Waals surface area contributed by atoms with E-state index in [2.05, 4.69) is 16.0 Å². The lowest BCUT2D eigenvalue weighted by Crippen LogP contribution is -2.59. The smallest absolute Gasteiger partial charge is 0.383 e. The molecule has 4 amide bonds. The van der Waals surface area contributed by atoms with Gasteiger partial charge >= 0.3 is 5.92 Å². The van der Waals surface area contributed by atoms with Crippen molar-refractivity contribution in [1.82, 2.24) is 21.3 Å². The number of methoxy groups -OCH3 is 1. The Balaban J connectivity index is 2.34. The second-order valence-electron chi connectivity index (χ2n) is 10.9. The summed E-state index contributed by atoms with van der Waals surface area (Å²) in [6.45, 7) is 3.16. The number of amides is 4. The van der Waals surface area contributed by atoms with Gasteiger partial charge in [0.2, 0.25) is 17.6 Å². The molecular weight excluding hydrogens is 585 g/mol. The van der Waals surface area contributed by atoms with Gasteiger partial charge in [0.05, 0.1) is 26.3 Å². The number of hydrogen-bond acceptors (Lipinski definition) is 7. The fourth-order valence-corrected chi connectivity index (χ4v) is 3.84. The van der Waals surface area contributed by atoms with Gasteiger partial charge in [0.15, 0.2) is 0 Å². The highest BCUT2D eigenvalue weighted by Gasteiger charge is 2.51. The van der Waals surface area contributed by atoms with Crippen LogP contribution in [0.25, 0.3) is 0 Å². The monoisotopic (exact) mass is 622 g/mol. The minimum Gasteiger partial charge on any atom is -0.497 e.